The topological polar surface area (TPSA) is 89.8 Å². The molecule has 1 unspecified atom stereocenters. The van der Waals surface area contributed by atoms with Crippen molar-refractivity contribution in [2.75, 3.05) is 5.32 Å². The number of nitrogens with one attached hydrogen (secondary N) is 1. The lowest BCUT2D eigenvalue weighted by atomic mass is 9.90. The summed E-state index contributed by atoms with van der Waals surface area (Å²) in [6, 6.07) is 5.71. The van der Waals surface area contributed by atoms with E-state index in [1.54, 1.807) is 6.20 Å². The molecule has 0 spiro atoms. The summed E-state index contributed by atoms with van der Waals surface area (Å²) in [4.78, 5) is 40.8. The summed E-state index contributed by atoms with van der Waals surface area (Å²) in [6.45, 7) is 7.80. The number of ketones is 1. The minimum Gasteiger partial charge on any atom is -0.309 e. The fourth-order valence-electron chi connectivity index (χ4n) is 5.67. The summed E-state index contributed by atoms with van der Waals surface area (Å²) < 4.78 is 1.81. The first-order valence-corrected chi connectivity index (χ1v) is 13.6. The maximum absolute atomic E-state index is 13.7. The van der Waals surface area contributed by atoms with Crippen molar-refractivity contribution in [3.05, 3.63) is 51.6 Å². The van der Waals surface area contributed by atoms with Gasteiger partial charge in [-0.1, -0.05) is 58.4 Å². The van der Waals surface area contributed by atoms with E-state index in [0.717, 1.165) is 56.0 Å². The third-order valence-corrected chi connectivity index (χ3v) is 7.56. The van der Waals surface area contributed by atoms with Crippen LogP contribution in [0.3, 0.4) is 0 Å². The monoisotopic (exact) mass is 489 g/mol. The normalized spacial score (nSPS) is 14.9. The largest absolute Gasteiger partial charge is 0.309 e. The van der Waals surface area contributed by atoms with Crippen LogP contribution >= 0.6 is 0 Å². The van der Waals surface area contributed by atoms with Crippen LogP contribution in [0.5, 0.6) is 0 Å². The second-order valence-corrected chi connectivity index (χ2v) is 10.1. The Morgan fingerprint density at radius 1 is 1.14 bits per heavy atom. The number of aromatic nitrogens is 4. The molecule has 0 bridgehead atoms. The second-order valence-electron chi connectivity index (χ2n) is 10.1. The zero-order valence-corrected chi connectivity index (χ0v) is 22.1. The molecule has 3 aromatic heterocycles. The predicted molar refractivity (Wildman–Crippen MR) is 145 cm³/mol. The minimum absolute atomic E-state index is 0.0498. The van der Waals surface area contributed by atoms with Crippen LogP contribution in [-0.2, 0) is 0 Å². The number of Topliss-reactive ketones (excluding diaryl/α,β-unsaturated/α-hetero) is 1. The Hall–Kier alpha value is -3.09. The number of pyridine rings is 2. The molecule has 1 atom stereocenters. The van der Waals surface area contributed by atoms with Crippen LogP contribution in [0, 0.1) is 6.92 Å². The second kappa shape index (κ2) is 11.8. The molecule has 1 saturated carbocycles. The standard InChI is InChI=1S/C29H39N5O2/c1-5-7-8-9-14-21(6-2)26-25-19(3)24(20(4)35)28(36)34(22-15-10-11-16-22)27(25)33-29(32-26)31-23-17-12-13-18-30-23/h12-13,17-18,21-22H,5-11,14-16H2,1-4H3,(H,30,31,32,33). The summed E-state index contributed by atoms with van der Waals surface area (Å²) in [5, 5.41) is 4.15. The highest BCUT2D eigenvalue weighted by molar-refractivity contribution is 6.00. The maximum atomic E-state index is 13.7. The van der Waals surface area contributed by atoms with Gasteiger partial charge in [0.15, 0.2) is 5.78 Å². The van der Waals surface area contributed by atoms with E-state index >= 15 is 0 Å². The lowest BCUT2D eigenvalue weighted by molar-refractivity contribution is 0.101. The quantitative estimate of drug-likeness (QED) is 0.230. The van der Waals surface area contributed by atoms with Gasteiger partial charge in [-0.05, 0) is 57.2 Å². The Bertz CT molecular complexity index is 1260. The first kappa shape index (κ1) is 26.0. The molecule has 1 fully saturated rings. The third-order valence-electron chi connectivity index (χ3n) is 7.56. The zero-order valence-electron chi connectivity index (χ0n) is 22.1. The van der Waals surface area contributed by atoms with E-state index in [2.05, 4.69) is 24.1 Å². The summed E-state index contributed by atoms with van der Waals surface area (Å²) in [5.74, 6) is 1.13. The molecule has 0 aromatic carbocycles. The van der Waals surface area contributed by atoms with Gasteiger partial charge < -0.3 is 5.32 Å². The minimum atomic E-state index is -0.219. The van der Waals surface area contributed by atoms with Gasteiger partial charge in [-0.25, -0.2) is 9.97 Å². The third kappa shape index (κ3) is 5.35. The molecule has 0 radical (unpaired) electrons. The Morgan fingerprint density at radius 3 is 2.56 bits per heavy atom. The molecule has 192 valence electrons. The average molecular weight is 490 g/mol. The molecule has 4 rings (SSSR count). The summed E-state index contributed by atoms with van der Waals surface area (Å²) in [5.41, 5.74) is 2.35. The van der Waals surface area contributed by atoms with Crippen molar-refractivity contribution in [3.8, 4) is 0 Å². The van der Waals surface area contributed by atoms with Gasteiger partial charge >= 0.3 is 0 Å². The number of fused-ring (bicyclic) bond motifs is 1. The molecule has 7 nitrogen and oxygen atoms in total. The molecule has 0 amide bonds. The lowest BCUT2D eigenvalue weighted by Crippen LogP contribution is -2.31. The molecule has 1 aliphatic carbocycles. The Kier molecular flexibility index (Phi) is 8.49. The molecule has 0 aliphatic heterocycles. The van der Waals surface area contributed by atoms with Gasteiger partial charge in [0.2, 0.25) is 5.95 Å². The number of anilines is 2. The van der Waals surface area contributed by atoms with E-state index in [9.17, 15) is 9.59 Å². The number of hydrogen-bond donors (Lipinski definition) is 1. The van der Waals surface area contributed by atoms with Crippen LogP contribution in [0.15, 0.2) is 29.2 Å². The van der Waals surface area contributed by atoms with Gasteiger partial charge in [-0.3, -0.25) is 14.2 Å². The fourth-order valence-corrected chi connectivity index (χ4v) is 5.67. The van der Waals surface area contributed by atoms with E-state index in [4.69, 9.17) is 9.97 Å². The van der Waals surface area contributed by atoms with Crippen molar-refractivity contribution in [3.63, 3.8) is 0 Å². The average Bonchev–Trinajstić information content (AvgIpc) is 3.38. The Morgan fingerprint density at radius 2 is 1.92 bits per heavy atom. The zero-order chi connectivity index (χ0) is 25.7. The van der Waals surface area contributed by atoms with Gasteiger partial charge in [0.1, 0.15) is 11.5 Å². The van der Waals surface area contributed by atoms with Crippen LogP contribution in [0.25, 0.3) is 11.0 Å². The molecule has 1 N–H and O–H groups in total. The van der Waals surface area contributed by atoms with E-state index in [1.807, 2.05) is 29.7 Å². The number of aryl methyl sites for hydroxylation is 1. The Balaban J connectivity index is 1.97. The summed E-state index contributed by atoms with van der Waals surface area (Å²) >= 11 is 0. The Labute approximate surface area is 213 Å². The van der Waals surface area contributed by atoms with Gasteiger partial charge in [0, 0.05) is 23.5 Å². The van der Waals surface area contributed by atoms with E-state index in [0.29, 0.717) is 23.0 Å². The van der Waals surface area contributed by atoms with Crippen molar-refractivity contribution in [2.45, 2.75) is 104 Å². The fraction of sp³-hybridized carbons (Fsp3) is 0.552. The smallest absolute Gasteiger partial charge is 0.263 e. The van der Waals surface area contributed by atoms with E-state index in [-0.39, 0.29) is 28.9 Å². The number of nitrogens with zero attached hydrogens (tertiary/aromatic N) is 4. The van der Waals surface area contributed by atoms with Crippen LogP contribution < -0.4 is 10.9 Å². The summed E-state index contributed by atoms with van der Waals surface area (Å²) in [7, 11) is 0. The van der Waals surface area contributed by atoms with Crippen molar-refractivity contribution in [1.82, 2.24) is 19.5 Å². The van der Waals surface area contributed by atoms with Crippen LogP contribution in [0.2, 0.25) is 0 Å². The predicted octanol–water partition coefficient (Wildman–Crippen LogP) is 7.02. The highest BCUT2D eigenvalue weighted by Gasteiger charge is 2.29. The number of rotatable bonds is 11. The molecule has 0 saturated heterocycles. The van der Waals surface area contributed by atoms with Crippen molar-refractivity contribution >= 4 is 28.6 Å². The molecule has 3 aromatic rings. The first-order chi connectivity index (χ1) is 17.5. The SMILES string of the molecule is CCCCCCC(CC)c1nc(Nc2ccccn2)nc2c1c(C)c(C(C)=O)c(=O)n2C1CCCC1. The lowest BCUT2D eigenvalue weighted by Gasteiger charge is -2.24. The van der Waals surface area contributed by atoms with E-state index in [1.165, 1.54) is 26.2 Å². The van der Waals surface area contributed by atoms with Gasteiger partial charge in [-0.2, -0.15) is 4.98 Å². The molecular formula is C29H39N5O2. The number of carbonyl (C=O) groups excluding carboxylic acids is 1. The van der Waals surface area contributed by atoms with Gasteiger partial charge in [0.05, 0.1) is 11.3 Å². The number of unbranched alkanes of at least 4 members (excludes halogenated alkanes) is 3. The molecule has 3 heterocycles. The molecular weight excluding hydrogens is 450 g/mol. The van der Waals surface area contributed by atoms with Crippen LogP contribution in [0.1, 0.15) is 119 Å². The van der Waals surface area contributed by atoms with Crippen LogP contribution in [0.4, 0.5) is 11.8 Å². The van der Waals surface area contributed by atoms with Gasteiger partial charge in [-0.15, -0.1) is 0 Å². The first-order valence-electron chi connectivity index (χ1n) is 13.6. The van der Waals surface area contributed by atoms with Gasteiger partial charge in [0.25, 0.3) is 5.56 Å². The van der Waals surface area contributed by atoms with Crippen molar-refractivity contribution in [1.29, 1.82) is 0 Å². The maximum Gasteiger partial charge on any atom is 0.263 e. The van der Waals surface area contributed by atoms with Crippen LogP contribution in [-0.4, -0.2) is 25.3 Å². The molecule has 36 heavy (non-hydrogen) atoms. The van der Waals surface area contributed by atoms with Crippen molar-refractivity contribution in [2.24, 2.45) is 0 Å². The number of hydrogen-bond acceptors (Lipinski definition) is 6. The van der Waals surface area contributed by atoms with Crippen molar-refractivity contribution < 1.29 is 4.79 Å². The highest BCUT2D eigenvalue weighted by Crippen LogP contribution is 2.37. The highest BCUT2D eigenvalue weighted by atomic mass is 16.1. The molecule has 7 heteroatoms. The summed E-state index contributed by atoms with van der Waals surface area (Å²) in [6.07, 6.45) is 12.4. The number of carbonyl (C=O) groups is 1. The molecule has 1 aliphatic rings. The van der Waals surface area contributed by atoms with E-state index < -0.39 is 0 Å².